The third-order valence-corrected chi connectivity index (χ3v) is 8.49. The van der Waals surface area contributed by atoms with Crippen molar-refractivity contribution in [3.63, 3.8) is 0 Å². The molecule has 3 aromatic carbocycles. The van der Waals surface area contributed by atoms with Crippen LogP contribution in [0.2, 0.25) is 0 Å². The summed E-state index contributed by atoms with van der Waals surface area (Å²) in [5.41, 5.74) is 2.68. The summed E-state index contributed by atoms with van der Waals surface area (Å²) in [5, 5.41) is 10.9. The SMILES string of the molecule is Cc1ccc(C2(OC[C@H]3O[C@@H](n4cc(C)c(=O)[nH]c4=O)C[C@@H]3O)c3ccccc3Sc3ccccc32)cc1. The lowest BCUT2D eigenvalue weighted by Crippen LogP contribution is -2.40. The number of hydrogen-bond donors (Lipinski definition) is 2. The van der Waals surface area contributed by atoms with E-state index in [1.165, 1.54) is 10.8 Å². The maximum Gasteiger partial charge on any atom is 0.330 e. The average Bonchev–Trinajstić information content (AvgIpc) is 3.29. The molecule has 2 N–H and O–H groups in total. The van der Waals surface area contributed by atoms with Crippen LogP contribution < -0.4 is 11.2 Å². The van der Waals surface area contributed by atoms with Gasteiger partial charge >= 0.3 is 5.69 Å². The minimum absolute atomic E-state index is 0.0932. The molecule has 2 aliphatic rings. The molecular weight excluding hydrogens is 500 g/mol. The first-order valence-corrected chi connectivity index (χ1v) is 13.4. The summed E-state index contributed by atoms with van der Waals surface area (Å²) in [6.07, 6.45) is -0.549. The molecule has 0 spiro atoms. The average molecular weight is 529 g/mol. The van der Waals surface area contributed by atoms with Crippen LogP contribution in [-0.2, 0) is 15.1 Å². The van der Waals surface area contributed by atoms with E-state index in [2.05, 4.69) is 60.4 Å². The molecule has 1 saturated heterocycles. The second kappa shape index (κ2) is 9.71. The highest BCUT2D eigenvalue weighted by Gasteiger charge is 2.46. The normalized spacial score (nSPS) is 21.6. The van der Waals surface area contributed by atoms with Crippen molar-refractivity contribution in [1.82, 2.24) is 9.55 Å². The Morgan fingerprint density at radius 3 is 2.29 bits per heavy atom. The summed E-state index contributed by atoms with van der Waals surface area (Å²) in [5.74, 6) is 0. The number of rotatable bonds is 5. The second-order valence-corrected chi connectivity index (χ2v) is 10.9. The van der Waals surface area contributed by atoms with E-state index >= 15 is 0 Å². The van der Waals surface area contributed by atoms with Gasteiger partial charge in [-0.25, -0.2) is 4.79 Å². The van der Waals surface area contributed by atoms with Crippen molar-refractivity contribution in [3.8, 4) is 0 Å². The topological polar surface area (TPSA) is 93.5 Å². The van der Waals surface area contributed by atoms with E-state index in [1.807, 2.05) is 24.3 Å². The van der Waals surface area contributed by atoms with E-state index in [1.54, 1.807) is 18.7 Å². The van der Waals surface area contributed by atoms with Crippen LogP contribution in [0.4, 0.5) is 0 Å². The van der Waals surface area contributed by atoms with Crippen LogP contribution in [0, 0.1) is 13.8 Å². The van der Waals surface area contributed by atoms with Gasteiger partial charge in [-0.05, 0) is 31.5 Å². The van der Waals surface area contributed by atoms with Gasteiger partial charge in [-0.2, -0.15) is 0 Å². The van der Waals surface area contributed by atoms with Gasteiger partial charge < -0.3 is 14.6 Å². The number of ether oxygens (including phenoxy) is 2. The van der Waals surface area contributed by atoms with Gasteiger partial charge in [0, 0.05) is 39.1 Å². The number of aliphatic hydroxyl groups excluding tert-OH is 1. The van der Waals surface area contributed by atoms with Crippen molar-refractivity contribution in [3.05, 3.63) is 128 Å². The molecule has 6 rings (SSSR count). The fourth-order valence-electron chi connectivity index (χ4n) is 5.34. The van der Waals surface area contributed by atoms with Gasteiger partial charge in [-0.15, -0.1) is 0 Å². The molecule has 0 saturated carbocycles. The molecule has 3 atom stereocenters. The van der Waals surface area contributed by atoms with E-state index in [-0.39, 0.29) is 13.0 Å². The fraction of sp³-hybridized carbons (Fsp3) is 0.267. The van der Waals surface area contributed by atoms with Gasteiger partial charge in [0.2, 0.25) is 0 Å². The van der Waals surface area contributed by atoms with Crippen LogP contribution in [-0.4, -0.2) is 33.5 Å². The van der Waals surface area contributed by atoms with Gasteiger partial charge in [0.15, 0.2) is 0 Å². The van der Waals surface area contributed by atoms with E-state index in [9.17, 15) is 14.7 Å². The molecule has 194 valence electrons. The van der Waals surface area contributed by atoms with Crippen LogP contribution in [0.1, 0.15) is 40.5 Å². The van der Waals surface area contributed by atoms with Crippen molar-refractivity contribution >= 4 is 11.8 Å². The number of H-pyrrole nitrogens is 1. The zero-order valence-electron chi connectivity index (χ0n) is 21.1. The van der Waals surface area contributed by atoms with Gasteiger partial charge in [0.1, 0.15) is 17.9 Å². The quantitative estimate of drug-likeness (QED) is 0.402. The maximum absolute atomic E-state index is 12.4. The van der Waals surface area contributed by atoms with Crippen LogP contribution in [0.5, 0.6) is 0 Å². The number of aryl methyl sites for hydroxylation is 2. The molecule has 1 aromatic heterocycles. The van der Waals surface area contributed by atoms with Crippen LogP contribution in [0.3, 0.4) is 0 Å². The molecule has 38 heavy (non-hydrogen) atoms. The number of nitrogens with one attached hydrogen (secondary N) is 1. The summed E-state index contributed by atoms with van der Waals surface area (Å²) >= 11 is 1.72. The van der Waals surface area contributed by atoms with E-state index in [4.69, 9.17) is 9.47 Å². The van der Waals surface area contributed by atoms with Crippen LogP contribution in [0.15, 0.2) is 98.4 Å². The Hall–Kier alpha value is -3.43. The first-order valence-electron chi connectivity index (χ1n) is 12.6. The number of nitrogens with zero attached hydrogens (tertiary/aromatic N) is 1. The summed E-state index contributed by atoms with van der Waals surface area (Å²) in [7, 11) is 0. The lowest BCUT2D eigenvalue weighted by molar-refractivity contribution is -0.0958. The summed E-state index contributed by atoms with van der Waals surface area (Å²) in [4.78, 5) is 28.8. The molecule has 1 fully saturated rings. The Kier molecular flexibility index (Phi) is 6.36. The zero-order valence-corrected chi connectivity index (χ0v) is 21.9. The summed E-state index contributed by atoms with van der Waals surface area (Å²) in [6, 6.07) is 24.8. The molecule has 0 radical (unpaired) electrons. The van der Waals surface area contributed by atoms with Gasteiger partial charge in [0.05, 0.1) is 12.7 Å². The van der Waals surface area contributed by atoms with Crippen molar-refractivity contribution in [2.24, 2.45) is 0 Å². The van der Waals surface area contributed by atoms with E-state index in [0.717, 1.165) is 32.0 Å². The first-order chi connectivity index (χ1) is 18.4. The molecule has 0 unspecified atom stereocenters. The number of hydrogen-bond acceptors (Lipinski definition) is 6. The third-order valence-electron chi connectivity index (χ3n) is 7.34. The number of aromatic nitrogens is 2. The Balaban J connectivity index is 1.39. The highest BCUT2D eigenvalue weighted by molar-refractivity contribution is 7.99. The molecule has 0 amide bonds. The highest BCUT2D eigenvalue weighted by Crippen LogP contribution is 2.53. The molecule has 0 aliphatic carbocycles. The minimum Gasteiger partial charge on any atom is -0.390 e. The number of aromatic amines is 1. The molecule has 4 aromatic rings. The van der Waals surface area contributed by atoms with Crippen molar-refractivity contribution in [2.75, 3.05) is 6.61 Å². The van der Waals surface area contributed by atoms with E-state index < -0.39 is 35.3 Å². The molecule has 3 heterocycles. The third kappa shape index (κ3) is 4.14. The van der Waals surface area contributed by atoms with E-state index in [0.29, 0.717) is 5.56 Å². The summed E-state index contributed by atoms with van der Waals surface area (Å²) in [6.45, 7) is 3.78. The van der Waals surface area contributed by atoms with Crippen molar-refractivity contribution in [2.45, 2.75) is 54.1 Å². The molecule has 8 heteroatoms. The Morgan fingerprint density at radius 2 is 1.63 bits per heavy atom. The molecule has 2 aliphatic heterocycles. The Morgan fingerprint density at radius 1 is 1.00 bits per heavy atom. The number of benzene rings is 3. The standard InChI is InChI=1S/C30H28N2O5S/c1-18-11-13-20(14-12-18)30(21-7-3-5-9-25(21)38-26-10-6-4-8-22(26)30)36-17-24-23(33)15-27(37-24)32-16-19(2)28(34)31-29(32)35/h3-14,16,23-24,27,33H,15,17H2,1-2H3,(H,31,34,35)/t23-,24+,27+/m0/s1. The van der Waals surface area contributed by atoms with Crippen molar-refractivity contribution in [1.29, 1.82) is 0 Å². The molecular formula is C30H28N2O5S. The highest BCUT2D eigenvalue weighted by atomic mass is 32.2. The first kappa shape index (κ1) is 24.9. The zero-order chi connectivity index (χ0) is 26.4. The van der Waals surface area contributed by atoms with Crippen LogP contribution in [0.25, 0.3) is 0 Å². The largest absolute Gasteiger partial charge is 0.390 e. The number of aliphatic hydroxyl groups is 1. The monoisotopic (exact) mass is 528 g/mol. The van der Waals surface area contributed by atoms with Crippen molar-refractivity contribution < 1.29 is 14.6 Å². The maximum atomic E-state index is 12.4. The predicted molar refractivity (Wildman–Crippen MR) is 145 cm³/mol. The van der Waals surface area contributed by atoms with Gasteiger partial charge in [0.25, 0.3) is 5.56 Å². The lowest BCUT2D eigenvalue weighted by atomic mass is 9.79. The number of fused-ring (bicyclic) bond motifs is 2. The second-order valence-electron chi connectivity index (χ2n) is 9.86. The van der Waals surface area contributed by atoms with Gasteiger partial charge in [-0.3, -0.25) is 14.3 Å². The van der Waals surface area contributed by atoms with Gasteiger partial charge in [-0.1, -0.05) is 78.0 Å². The smallest absolute Gasteiger partial charge is 0.330 e. The fourth-order valence-corrected chi connectivity index (χ4v) is 6.51. The Labute approximate surface area is 224 Å². The predicted octanol–water partition coefficient (Wildman–Crippen LogP) is 4.28. The summed E-state index contributed by atoms with van der Waals surface area (Å²) < 4.78 is 14.4. The lowest BCUT2D eigenvalue weighted by Gasteiger charge is -2.41. The van der Waals surface area contributed by atoms with Crippen LogP contribution >= 0.6 is 11.8 Å². The Bertz CT molecular complexity index is 1560. The minimum atomic E-state index is -0.918. The molecule has 0 bridgehead atoms. The molecule has 7 nitrogen and oxygen atoms in total.